The molecule has 1 aliphatic heterocycles. The van der Waals surface area contributed by atoms with Crippen molar-refractivity contribution in [3.8, 4) is 0 Å². The van der Waals surface area contributed by atoms with Crippen LogP contribution in [0.1, 0.15) is 52.1 Å². The van der Waals surface area contributed by atoms with Crippen LogP contribution in [-0.2, 0) is 9.47 Å². The Kier molecular flexibility index (Phi) is 8.01. The van der Waals surface area contributed by atoms with Gasteiger partial charge in [0.05, 0.1) is 12.3 Å². The maximum absolute atomic E-state index is 12.1. The van der Waals surface area contributed by atoms with Gasteiger partial charge >= 0.3 is 6.09 Å². The average Bonchev–Trinajstić information content (AvgIpc) is 3.04. The number of carbonyl (C=O) groups excluding carboxylic acids is 1. The summed E-state index contributed by atoms with van der Waals surface area (Å²) in [4.78, 5) is 18.8. The van der Waals surface area contributed by atoms with Crippen molar-refractivity contribution in [3.63, 3.8) is 0 Å². The zero-order valence-electron chi connectivity index (χ0n) is 17.2. The third-order valence-corrected chi connectivity index (χ3v) is 4.70. The van der Waals surface area contributed by atoms with Gasteiger partial charge in [0.25, 0.3) is 0 Å². The molecule has 0 unspecified atom stereocenters. The molecule has 0 aliphatic carbocycles. The average molecular weight is 379 g/mol. The molecule has 7 heteroatoms. The van der Waals surface area contributed by atoms with Crippen molar-refractivity contribution in [2.75, 3.05) is 38.7 Å². The van der Waals surface area contributed by atoms with E-state index in [4.69, 9.17) is 9.47 Å². The molecule has 1 aliphatic rings. The Balaban J connectivity index is 1.94. The Labute approximate surface area is 162 Å². The van der Waals surface area contributed by atoms with Gasteiger partial charge in [0.15, 0.2) is 0 Å². The molecule has 0 bridgehead atoms. The number of hydrogen-bond donors (Lipinski definition) is 2. The summed E-state index contributed by atoms with van der Waals surface area (Å²) in [5, 5.41) is 6.44. The summed E-state index contributed by atoms with van der Waals surface area (Å²) in [6, 6.07) is 2.38. The molecular formula is C20H34N4O3. The second kappa shape index (κ2) is 10.0. The van der Waals surface area contributed by atoms with Gasteiger partial charge in [-0.05, 0) is 53.1 Å². The lowest BCUT2D eigenvalue weighted by Crippen LogP contribution is -2.40. The van der Waals surface area contributed by atoms with Crippen molar-refractivity contribution in [1.82, 2.24) is 15.2 Å². The van der Waals surface area contributed by atoms with Crippen LogP contribution in [-0.4, -0.2) is 61.0 Å². The number of amides is 1. The van der Waals surface area contributed by atoms with Crippen molar-refractivity contribution in [3.05, 3.63) is 24.0 Å². The number of carbonyl (C=O) groups is 1. The lowest BCUT2D eigenvalue weighted by atomic mass is 10.1. The fourth-order valence-electron chi connectivity index (χ4n) is 3.33. The predicted molar refractivity (Wildman–Crippen MR) is 107 cm³/mol. The van der Waals surface area contributed by atoms with Crippen LogP contribution in [0.2, 0.25) is 0 Å². The van der Waals surface area contributed by atoms with Gasteiger partial charge in [-0.25, -0.2) is 4.79 Å². The number of anilines is 1. The molecule has 0 spiro atoms. The minimum Gasteiger partial charge on any atom is -0.444 e. The second-order valence-corrected chi connectivity index (χ2v) is 8.04. The number of rotatable bonds is 8. The SMILES string of the molecule is COCCN1CCC[C@H]1CN[C@@H](C)c1cnccc1NC(=O)OC(C)(C)C. The molecule has 1 fully saturated rings. The largest absolute Gasteiger partial charge is 0.444 e. The van der Waals surface area contributed by atoms with Crippen molar-refractivity contribution < 1.29 is 14.3 Å². The third kappa shape index (κ3) is 7.08. The van der Waals surface area contributed by atoms with Gasteiger partial charge in [0.2, 0.25) is 0 Å². The topological polar surface area (TPSA) is 75.7 Å². The summed E-state index contributed by atoms with van der Waals surface area (Å²) in [7, 11) is 1.74. The van der Waals surface area contributed by atoms with Gasteiger partial charge in [0.1, 0.15) is 5.60 Å². The number of methoxy groups -OCH3 is 1. The first-order valence-corrected chi connectivity index (χ1v) is 9.70. The van der Waals surface area contributed by atoms with Crippen LogP contribution in [0.3, 0.4) is 0 Å². The molecule has 1 aromatic heterocycles. The fourth-order valence-corrected chi connectivity index (χ4v) is 3.33. The van der Waals surface area contributed by atoms with Crippen LogP contribution in [0.4, 0.5) is 10.5 Å². The quantitative estimate of drug-likeness (QED) is 0.724. The van der Waals surface area contributed by atoms with Crippen molar-refractivity contribution in [2.45, 2.75) is 58.2 Å². The summed E-state index contributed by atoms with van der Waals surface area (Å²) in [5.41, 5.74) is 1.14. The number of ether oxygens (including phenoxy) is 2. The van der Waals surface area contributed by atoms with E-state index in [1.165, 1.54) is 12.8 Å². The van der Waals surface area contributed by atoms with Gasteiger partial charge in [-0.3, -0.25) is 15.2 Å². The standard InChI is InChI=1S/C20H34N4O3/c1-15(22-13-16-7-6-10-24(16)11-12-26-5)17-14-21-9-8-18(17)23-19(25)27-20(2,3)4/h8-9,14-16,22H,6-7,10-13H2,1-5H3,(H,21,23,25)/t15-,16-/m0/s1. The maximum atomic E-state index is 12.1. The summed E-state index contributed by atoms with van der Waals surface area (Å²) >= 11 is 0. The molecule has 2 rings (SSSR count). The van der Waals surface area contributed by atoms with E-state index in [9.17, 15) is 4.79 Å². The monoisotopic (exact) mass is 378 g/mol. The molecule has 152 valence electrons. The van der Waals surface area contributed by atoms with E-state index in [0.29, 0.717) is 6.04 Å². The summed E-state index contributed by atoms with van der Waals surface area (Å²) in [6.07, 6.45) is 5.43. The highest BCUT2D eigenvalue weighted by atomic mass is 16.6. The third-order valence-electron chi connectivity index (χ3n) is 4.70. The summed E-state index contributed by atoms with van der Waals surface area (Å²) < 4.78 is 10.6. The Bertz CT molecular complexity index is 603. The van der Waals surface area contributed by atoms with E-state index >= 15 is 0 Å². The number of nitrogens with zero attached hydrogens (tertiary/aromatic N) is 2. The minimum atomic E-state index is -0.532. The molecule has 27 heavy (non-hydrogen) atoms. The molecule has 0 saturated carbocycles. The van der Waals surface area contributed by atoms with E-state index in [0.717, 1.165) is 37.5 Å². The molecule has 2 N–H and O–H groups in total. The number of likely N-dealkylation sites (tertiary alicyclic amines) is 1. The van der Waals surface area contributed by atoms with Gasteiger partial charge in [0, 0.05) is 50.2 Å². The number of aromatic nitrogens is 1. The molecular weight excluding hydrogens is 344 g/mol. The summed E-state index contributed by atoms with van der Waals surface area (Å²) in [5.74, 6) is 0. The van der Waals surface area contributed by atoms with Gasteiger partial charge in [-0.15, -0.1) is 0 Å². The Morgan fingerprint density at radius 2 is 2.22 bits per heavy atom. The molecule has 2 heterocycles. The molecule has 2 atom stereocenters. The van der Waals surface area contributed by atoms with E-state index in [1.807, 2.05) is 20.8 Å². The Morgan fingerprint density at radius 1 is 1.44 bits per heavy atom. The lowest BCUT2D eigenvalue weighted by molar-refractivity contribution is 0.0635. The van der Waals surface area contributed by atoms with Crippen LogP contribution in [0.25, 0.3) is 0 Å². The van der Waals surface area contributed by atoms with Crippen LogP contribution in [0, 0.1) is 0 Å². The molecule has 1 aromatic rings. The van der Waals surface area contributed by atoms with Crippen LogP contribution < -0.4 is 10.6 Å². The molecule has 1 amide bonds. The minimum absolute atomic E-state index is 0.0634. The predicted octanol–water partition coefficient (Wildman–Crippen LogP) is 3.19. The molecule has 1 saturated heterocycles. The van der Waals surface area contributed by atoms with Crippen LogP contribution in [0.15, 0.2) is 18.5 Å². The zero-order chi connectivity index (χ0) is 19.9. The second-order valence-electron chi connectivity index (χ2n) is 8.04. The molecule has 0 radical (unpaired) electrons. The summed E-state index contributed by atoms with van der Waals surface area (Å²) in [6.45, 7) is 11.4. The van der Waals surface area contributed by atoms with E-state index in [-0.39, 0.29) is 6.04 Å². The van der Waals surface area contributed by atoms with E-state index in [2.05, 4.69) is 27.4 Å². The lowest BCUT2D eigenvalue weighted by Gasteiger charge is -2.26. The van der Waals surface area contributed by atoms with E-state index < -0.39 is 11.7 Å². The first-order valence-electron chi connectivity index (χ1n) is 9.70. The van der Waals surface area contributed by atoms with Crippen LogP contribution in [0.5, 0.6) is 0 Å². The molecule has 7 nitrogen and oxygen atoms in total. The molecule has 0 aromatic carbocycles. The first-order chi connectivity index (χ1) is 12.8. The Hall–Kier alpha value is -1.70. The van der Waals surface area contributed by atoms with Gasteiger partial charge < -0.3 is 14.8 Å². The Morgan fingerprint density at radius 3 is 2.93 bits per heavy atom. The van der Waals surface area contributed by atoms with E-state index in [1.54, 1.807) is 25.6 Å². The first kappa shape index (κ1) is 21.6. The fraction of sp³-hybridized carbons (Fsp3) is 0.700. The van der Waals surface area contributed by atoms with Crippen molar-refractivity contribution >= 4 is 11.8 Å². The van der Waals surface area contributed by atoms with Crippen molar-refractivity contribution in [1.29, 1.82) is 0 Å². The van der Waals surface area contributed by atoms with Gasteiger partial charge in [-0.2, -0.15) is 0 Å². The number of hydrogen-bond acceptors (Lipinski definition) is 6. The highest BCUT2D eigenvalue weighted by Crippen LogP contribution is 2.23. The highest BCUT2D eigenvalue weighted by molar-refractivity contribution is 5.85. The van der Waals surface area contributed by atoms with Gasteiger partial charge in [-0.1, -0.05) is 0 Å². The van der Waals surface area contributed by atoms with Crippen molar-refractivity contribution in [2.24, 2.45) is 0 Å². The maximum Gasteiger partial charge on any atom is 0.412 e. The van der Waals surface area contributed by atoms with Crippen LogP contribution >= 0.6 is 0 Å². The smallest absolute Gasteiger partial charge is 0.412 e. The highest BCUT2D eigenvalue weighted by Gasteiger charge is 2.25. The zero-order valence-corrected chi connectivity index (χ0v) is 17.2. The number of pyridine rings is 1. The normalized spacial score (nSPS) is 19.1. The number of nitrogens with one attached hydrogen (secondary N) is 2.